The van der Waals surface area contributed by atoms with Crippen LogP contribution in [0.15, 0.2) is 58.3 Å². The molecule has 0 N–H and O–H groups in total. The molecule has 0 amide bonds. The Morgan fingerprint density at radius 1 is 1.21 bits per heavy atom. The summed E-state index contributed by atoms with van der Waals surface area (Å²) in [6.07, 6.45) is -2.93. The summed E-state index contributed by atoms with van der Waals surface area (Å²) in [6.45, 7) is 1.67. The number of aromatic nitrogens is 1. The van der Waals surface area contributed by atoms with Crippen LogP contribution in [-0.4, -0.2) is 23.4 Å². The Bertz CT molecular complexity index is 1440. The molecule has 2 aliphatic heterocycles. The average molecular weight is 474 g/mol. The molecule has 6 nitrogen and oxygen atoms in total. The highest BCUT2D eigenvalue weighted by atomic mass is 32.1. The minimum Gasteiger partial charge on any atom is -0.469 e. The number of benzene rings is 2. The van der Waals surface area contributed by atoms with Gasteiger partial charge in [-0.2, -0.15) is 13.2 Å². The molecule has 3 heterocycles. The van der Waals surface area contributed by atoms with E-state index in [2.05, 4.69) is 4.99 Å². The van der Waals surface area contributed by atoms with E-state index in [1.165, 1.54) is 29.9 Å². The maximum absolute atomic E-state index is 13.4. The van der Waals surface area contributed by atoms with Gasteiger partial charge in [0.15, 0.2) is 4.80 Å². The van der Waals surface area contributed by atoms with E-state index in [0.717, 1.165) is 23.5 Å². The molecule has 0 spiro atoms. The highest BCUT2D eigenvalue weighted by Gasteiger charge is 2.55. The van der Waals surface area contributed by atoms with E-state index < -0.39 is 41.0 Å². The molecule has 10 heteroatoms. The average Bonchev–Trinajstić information content (AvgIpc) is 3.06. The highest BCUT2D eigenvalue weighted by Crippen LogP contribution is 2.47. The first-order valence-corrected chi connectivity index (χ1v) is 10.8. The SMILES string of the molecule is COC(=O)[C@@H]1[C@H]2c3ccccc3O[C@]1(C)N=c1s/c(=C/c3ccc(C(F)(F)F)cc3)c(=O)n12. The standard InChI is InChI=1S/C23H17F3N2O4S/c1-22-17(20(30)31-2)18(14-5-3-4-6-15(14)32-22)28-19(29)16(33-21(28)27-22)11-12-7-9-13(10-8-12)23(24,25)26/h3-11,17-18H,1-2H3/b16-11+/t17-,18+,22-/m0/s1. The lowest BCUT2D eigenvalue weighted by Gasteiger charge is -2.44. The predicted molar refractivity (Wildman–Crippen MR) is 113 cm³/mol. The van der Waals surface area contributed by atoms with E-state index in [1.807, 2.05) is 0 Å². The quantitative estimate of drug-likeness (QED) is 0.536. The van der Waals surface area contributed by atoms with Crippen molar-refractivity contribution in [3.05, 3.63) is 84.9 Å². The molecule has 2 aromatic carbocycles. The minimum absolute atomic E-state index is 0.283. The Kier molecular flexibility index (Phi) is 4.75. The van der Waals surface area contributed by atoms with Crippen LogP contribution in [0.3, 0.4) is 0 Å². The summed E-state index contributed by atoms with van der Waals surface area (Å²) in [6, 6.07) is 11.0. The maximum atomic E-state index is 13.4. The van der Waals surface area contributed by atoms with Crippen LogP contribution >= 0.6 is 11.3 Å². The van der Waals surface area contributed by atoms with Gasteiger partial charge in [-0.05, 0) is 36.8 Å². The van der Waals surface area contributed by atoms with E-state index in [9.17, 15) is 22.8 Å². The third kappa shape index (κ3) is 3.36. The molecule has 2 aliphatic rings. The molecule has 0 aliphatic carbocycles. The third-order valence-electron chi connectivity index (χ3n) is 5.87. The number of para-hydroxylation sites is 1. The van der Waals surface area contributed by atoms with E-state index >= 15 is 0 Å². The number of nitrogens with zero attached hydrogens (tertiary/aromatic N) is 2. The van der Waals surface area contributed by atoms with Crippen molar-refractivity contribution in [2.45, 2.75) is 24.9 Å². The van der Waals surface area contributed by atoms with E-state index in [1.54, 1.807) is 31.2 Å². The van der Waals surface area contributed by atoms with E-state index in [4.69, 9.17) is 9.47 Å². The number of hydrogen-bond donors (Lipinski definition) is 0. The van der Waals surface area contributed by atoms with Gasteiger partial charge >= 0.3 is 12.1 Å². The van der Waals surface area contributed by atoms with Crippen molar-refractivity contribution in [1.29, 1.82) is 0 Å². The van der Waals surface area contributed by atoms with Crippen LogP contribution in [0.25, 0.3) is 6.08 Å². The summed E-state index contributed by atoms with van der Waals surface area (Å²) in [5, 5.41) is 0. The van der Waals surface area contributed by atoms with Crippen molar-refractivity contribution in [1.82, 2.24) is 4.57 Å². The van der Waals surface area contributed by atoms with Gasteiger partial charge in [-0.25, -0.2) is 4.99 Å². The second-order valence-corrected chi connectivity index (χ2v) is 8.95. The zero-order valence-electron chi connectivity index (χ0n) is 17.4. The van der Waals surface area contributed by atoms with Gasteiger partial charge in [0.1, 0.15) is 11.7 Å². The summed E-state index contributed by atoms with van der Waals surface area (Å²) < 4.78 is 51.4. The topological polar surface area (TPSA) is 69.9 Å². The molecule has 170 valence electrons. The van der Waals surface area contributed by atoms with Crippen molar-refractivity contribution >= 4 is 23.4 Å². The summed E-state index contributed by atoms with van der Waals surface area (Å²) in [5.74, 6) is -0.931. The first-order valence-electron chi connectivity index (χ1n) is 9.98. The van der Waals surface area contributed by atoms with Gasteiger partial charge in [0, 0.05) is 5.56 Å². The number of ether oxygens (including phenoxy) is 2. The number of halogens is 3. The molecule has 3 atom stereocenters. The number of esters is 1. The Hall–Kier alpha value is -3.40. The number of carbonyl (C=O) groups excluding carboxylic acids is 1. The zero-order valence-corrected chi connectivity index (χ0v) is 18.2. The van der Waals surface area contributed by atoms with Gasteiger partial charge in [0.05, 0.1) is 23.2 Å². The van der Waals surface area contributed by atoms with Crippen molar-refractivity contribution in [3.63, 3.8) is 0 Å². The zero-order chi connectivity index (χ0) is 23.5. The number of methoxy groups -OCH3 is 1. The van der Waals surface area contributed by atoms with Crippen LogP contribution in [0.2, 0.25) is 0 Å². The first-order chi connectivity index (χ1) is 15.6. The molecule has 33 heavy (non-hydrogen) atoms. The molecule has 5 rings (SSSR count). The monoisotopic (exact) mass is 474 g/mol. The third-order valence-corrected chi connectivity index (χ3v) is 6.85. The molecule has 0 fully saturated rings. The molecular formula is C23H17F3N2O4S. The number of alkyl halides is 3. The van der Waals surface area contributed by atoms with Crippen LogP contribution in [0.4, 0.5) is 13.2 Å². The lowest BCUT2D eigenvalue weighted by atomic mass is 9.81. The summed E-state index contributed by atoms with van der Waals surface area (Å²) in [7, 11) is 1.27. The fourth-order valence-corrected chi connectivity index (χ4v) is 5.45. The van der Waals surface area contributed by atoms with Gasteiger partial charge in [-0.3, -0.25) is 14.2 Å². The molecule has 0 radical (unpaired) electrons. The summed E-state index contributed by atoms with van der Waals surface area (Å²) in [5.41, 5.74) is -1.35. The molecule has 1 aromatic heterocycles. The van der Waals surface area contributed by atoms with Gasteiger partial charge in [-0.15, -0.1) is 0 Å². The van der Waals surface area contributed by atoms with Gasteiger partial charge in [0.2, 0.25) is 5.72 Å². The lowest BCUT2D eigenvalue weighted by molar-refractivity contribution is -0.158. The number of carbonyl (C=O) groups is 1. The van der Waals surface area contributed by atoms with Gasteiger partial charge < -0.3 is 9.47 Å². The first kappa shape index (κ1) is 21.4. The summed E-state index contributed by atoms with van der Waals surface area (Å²) in [4.78, 5) is 31.1. The second-order valence-electron chi connectivity index (χ2n) is 7.94. The molecule has 0 unspecified atom stereocenters. The highest BCUT2D eigenvalue weighted by molar-refractivity contribution is 7.07. The molecular weight excluding hydrogens is 457 g/mol. The number of fused-ring (bicyclic) bond motifs is 6. The minimum atomic E-state index is -4.44. The number of rotatable bonds is 2. The Morgan fingerprint density at radius 3 is 2.58 bits per heavy atom. The summed E-state index contributed by atoms with van der Waals surface area (Å²) >= 11 is 1.09. The van der Waals surface area contributed by atoms with Crippen LogP contribution in [0.1, 0.15) is 29.7 Å². The van der Waals surface area contributed by atoms with Crippen LogP contribution in [0.5, 0.6) is 5.75 Å². The van der Waals surface area contributed by atoms with Crippen LogP contribution in [-0.2, 0) is 15.7 Å². The normalized spacial score (nSPS) is 23.7. The van der Waals surface area contributed by atoms with Gasteiger partial charge in [-0.1, -0.05) is 41.7 Å². The molecule has 3 aromatic rings. The van der Waals surface area contributed by atoms with Crippen molar-refractivity contribution in [3.8, 4) is 5.75 Å². The van der Waals surface area contributed by atoms with Crippen molar-refractivity contribution < 1.29 is 27.4 Å². The molecule has 2 bridgehead atoms. The lowest BCUT2D eigenvalue weighted by Crippen LogP contribution is -2.58. The molecule has 0 saturated carbocycles. The fraction of sp³-hybridized carbons (Fsp3) is 0.261. The van der Waals surface area contributed by atoms with Crippen LogP contribution < -0.4 is 19.6 Å². The van der Waals surface area contributed by atoms with Crippen molar-refractivity contribution in [2.24, 2.45) is 10.9 Å². The number of hydrogen-bond acceptors (Lipinski definition) is 6. The van der Waals surface area contributed by atoms with Crippen LogP contribution in [0, 0.1) is 5.92 Å². The Labute approximate surface area is 189 Å². The predicted octanol–water partition coefficient (Wildman–Crippen LogP) is 2.88. The van der Waals surface area contributed by atoms with Gasteiger partial charge in [0.25, 0.3) is 5.56 Å². The number of thiazole rings is 1. The van der Waals surface area contributed by atoms with Crippen molar-refractivity contribution in [2.75, 3.05) is 7.11 Å². The Morgan fingerprint density at radius 2 is 1.91 bits per heavy atom. The Balaban J connectivity index is 1.71. The maximum Gasteiger partial charge on any atom is 0.416 e. The van der Waals surface area contributed by atoms with E-state index in [-0.39, 0.29) is 4.53 Å². The largest absolute Gasteiger partial charge is 0.469 e. The second kappa shape index (κ2) is 7.31. The van der Waals surface area contributed by atoms with E-state index in [0.29, 0.717) is 21.7 Å². The molecule has 0 saturated heterocycles. The fourth-order valence-electron chi connectivity index (χ4n) is 4.35. The smallest absolute Gasteiger partial charge is 0.416 e.